The maximum atomic E-state index is 13.4. The normalized spacial score (nSPS) is 28.6. The molecule has 0 amide bonds. The van der Waals surface area contributed by atoms with E-state index in [1.54, 1.807) is 12.3 Å². The molecular formula is C12H14BrFN2S. The van der Waals surface area contributed by atoms with Gasteiger partial charge in [-0.2, -0.15) is 11.8 Å². The quantitative estimate of drug-likeness (QED) is 0.781. The van der Waals surface area contributed by atoms with Gasteiger partial charge in [0.25, 0.3) is 0 Å². The number of likely N-dealkylation sites (tertiary alicyclic amines) is 1. The van der Waals surface area contributed by atoms with Crippen molar-refractivity contribution in [2.75, 3.05) is 24.6 Å². The summed E-state index contributed by atoms with van der Waals surface area (Å²) in [6.45, 7) is 3.15. The van der Waals surface area contributed by atoms with Crippen LogP contribution in [0.4, 0.5) is 4.39 Å². The van der Waals surface area contributed by atoms with Gasteiger partial charge in [0.1, 0.15) is 4.60 Å². The van der Waals surface area contributed by atoms with Crippen LogP contribution in [0, 0.1) is 17.7 Å². The molecule has 0 saturated carbocycles. The summed E-state index contributed by atoms with van der Waals surface area (Å²) >= 11 is 5.15. The first-order valence-electron chi connectivity index (χ1n) is 5.82. The molecule has 92 valence electrons. The molecule has 2 aliphatic heterocycles. The lowest BCUT2D eigenvalue weighted by Crippen LogP contribution is -2.21. The first-order chi connectivity index (χ1) is 8.22. The Morgan fingerprint density at radius 2 is 2.12 bits per heavy atom. The van der Waals surface area contributed by atoms with Gasteiger partial charge < -0.3 is 0 Å². The van der Waals surface area contributed by atoms with Gasteiger partial charge in [0.05, 0.1) is 0 Å². The molecule has 0 aromatic carbocycles. The van der Waals surface area contributed by atoms with Gasteiger partial charge >= 0.3 is 0 Å². The van der Waals surface area contributed by atoms with Crippen LogP contribution in [0.1, 0.15) is 5.56 Å². The predicted octanol–water partition coefficient (Wildman–Crippen LogP) is 2.78. The molecule has 0 N–H and O–H groups in total. The number of nitrogens with zero attached hydrogens (tertiary/aromatic N) is 2. The first kappa shape index (κ1) is 11.9. The maximum absolute atomic E-state index is 13.4. The van der Waals surface area contributed by atoms with E-state index in [1.165, 1.54) is 11.5 Å². The average Bonchev–Trinajstić information content (AvgIpc) is 2.84. The number of aromatic nitrogens is 1. The summed E-state index contributed by atoms with van der Waals surface area (Å²) in [4.78, 5) is 6.43. The van der Waals surface area contributed by atoms with Crippen molar-refractivity contribution < 1.29 is 4.39 Å². The Morgan fingerprint density at radius 1 is 1.41 bits per heavy atom. The number of hydrogen-bond donors (Lipinski definition) is 0. The fourth-order valence-electron chi connectivity index (χ4n) is 2.72. The van der Waals surface area contributed by atoms with Gasteiger partial charge in [0.15, 0.2) is 5.82 Å². The van der Waals surface area contributed by atoms with Crippen molar-refractivity contribution in [3.05, 3.63) is 28.2 Å². The van der Waals surface area contributed by atoms with Crippen LogP contribution in [-0.2, 0) is 6.54 Å². The van der Waals surface area contributed by atoms with Gasteiger partial charge in [-0.25, -0.2) is 9.37 Å². The molecule has 0 bridgehead atoms. The summed E-state index contributed by atoms with van der Waals surface area (Å²) < 4.78 is 13.7. The molecule has 2 saturated heterocycles. The molecule has 3 rings (SSSR count). The Hall–Kier alpha value is -0.130. The van der Waals surface area contributed by atoms with E-state index in [9.17, 15) is 4.39 Å². The summed E-state index contributed by atoms with van der Waals surface area (Å²) in [5.41, 5.74) is 0.971. The van der Waals surface area contributed by atoms with E-state index in [4.69, 9.17) is 0 Å². The maximum Gasteiger partial charge on any atom is 0.156 e. The minimum Gasteiger partial charge on any atom is -0.298 e. The van der Waals surface area contributed by atoms with Crippen molar-refractivity contribution in [2.45, 2.75) is 6.54 Å². The third-order valence-corrected chi connectivity index (χ3v) is 5.49. The SMILES string of the molecule is Fc1cc(CN2CC3CSCC3C2)cnc1Br. The number of thioether (sulfide) groups is 1. The molecule has 17 heavy (non-hydrogen) atoms. The van der Waals surface area contributed by atoms with Gasteiger partial charge in [0.2, 0.25) is 0 Å². The van der Waals surface area contributed by atoms with Crippen LogP contribution in [0.5, 0.6) is 0 Å². The van der Waals surface area contributed by atoms with Crippen LogP contribution in [-0.4, -0.2) is 34.5 Å². The molecule has 2 fully saturated rings. The standard InChI is InChI=1S/C12H14BrFN2S/c13-12-11(14)1-8(2-15-12)3-16-4-9-6-17-7-10(9)5-16/h1-2,9-10H,3-7H2. The van der Waals surface area contributed by atoms with Crippen molar-refractivity contribution >= 4 is 27.7 Å². The van der Waals surface area contributed by atoms with Crippen LogP contribution in [0.2, 0.25) is 0 Å². The third-order valence-electron chi connectivity index (χ3n) is 3.58. The van der Waals surface area contributed by atoms with E-state index in [-0.39, 0.29) is 5.82 Å². The van der Waals surface area contributed by atoms with Crippen LogP contribution in [0.3, 0.4) is 0 Å². The second-order valence-electron chi connectivity index (χ2n) is 4.87. The highest BCUT2D eigenvalue weighted by molar-refractivity contribution is 9.10. The molecule has 0 radical (unpaired) electrons. The number of pyridine rings is 1. The van der Waals surface area contributed by atoms with E-state index in [0.717, 1.165) is 37.0 Å². The average molecular weight is 317 g/mol. The highest BCUT2D eigenvalue weighted by atomic mass is 79.9. The predicted molar refractivity (Wildman–Crippen MR) is 71.5 cm³/mol. The van der Waals surface area contributed by atoms with Crippen LogP contribution < -0.4 is 0 Å². The molecule has 0 spiro atoms. The van der Waals surface area contributed by atoms with Crippen molar-refractivity contribution in [3.63, 3.8) is 0 Å². The Kier molecular flexibility index (Phi) is 3.41. The van der Waals surface area contributed by atoms with Crippen molar-refractivity contribution in [1.29, 1.82) is 0 Å². The Balaban J connectivity index is 1.65. The highest BCUT2D eigenvalue weighted by Gasteiger charge is 2.36. The van der Waals surface area contributed by atoms with E-state index < -0.39 is 0 Å². The van der Waals surface area contributed by atoms with Crippen LogP contribution in [0.15, 0.2) is 16.9 Å². The molecule has 2 unspecified atom stereocenters. The molecule has 2 nitrogen and oxygen atoms in total. The zero-order valence-corrected chi connectivity index (χ0v) is 11.8. The number of rotatable bonds is 2. The molecule has 1 aromatic rings. The van der Waals surface area contributed by atoms with Crippen molar-refractivity contribution in [1.82, 2.24) is 9.88 Å². The Labute approximate surface area is 113 Å². The van der Waals surface area contributed by atoms with E-state index in [0.29, 0.717) is 4.60 Å². The first-order valence-corrected chi connectivity index (χ1v) is 7.77. The van der Waals surface area contributed by atoms with Gasteiger partial charge in [0, 0.05) is 25.8 Å². The minimum atomic E-state index is -0.266. The molecular weight excluding hydrogens is 303 g/mol. The lowest BCUT2D eigenvalue weighted by atomic mass is 10.0. The third kappa shape index (κ3) is 2.51. The van der Waals surface area contributed by atoms with E-state index >= 15 is 0 Å². The summed E-state index contributed by atoms with van der Waals surface area (Å²) in [5, 5.41) is 0. The van der Waals surface area contributed by atoms with Gasteiger partial charge in [-0.3, -0.25) is 4.90 Å². The van der Waals surface area contributed by atoms with Crippen molar-refractivity contribution in [3.8, 4) is 0 Å². The number of fused-ring (bicyclic) bond motifs is 1. The monoisotopic (exact) mass is 316 g/mol. The smallest absolute Gasteiger partial charge is 0.156 e. The fraction of sp³-hybridized carbons (Fsp3) is 0.583. The lowest BCUT2D eigenvalue weighted by Gasteiger charge is -2.16. The topological polar surface area (TPSA) is 16.1 Å². The summed E-state index contributed by atoms with van der Waals surface area (Å²) in [7, 11) is 0. The minimum absolute atomic E-state index is 0.266. The summed E-state index contributed by atoms with van der Waals surface area (Å²) in [6, 6.07) is 1.58. The lowest BCUT2D eigenvalue weighted by molar-refractivity contribution is 0.315. The highest BCUT2D eigenvalue weighted by Crippen LogP contribution is 2.36. The van der Waals surface area contributed by atoms with Crippen LogP contribution >= 0.6 is 27.7 Å². The molecule has 2 aliphatic rings. The zero-order chi connectivity index (χ0) is 11.8. The second kappa shape index (κ2) is 4.86. The summed E-state index contributed by atoms with van der Waals surface area (Å²) in [5.74, 6) is 4.04. The van der Waals surface area contributed by atoms with Crippen LogP contribution in [0.25, 0.3) is 0 Å². The molecule has 5 heteroatoms. The van der Waals surface area contributed by atoms with E-state index in [2.05, 4.69) is 37.6 Å². The van der Waals surface area contributed by atoms with Gasteiger partial charge in [-0.05, 0) is 50.9 Å². The Bertz CT molecular complexity index is 417. The largest absolute Gasteiger partial charge is 0.298 e. The molecule has 0 aliphatic carbocycles. The summed E-state index contributed by atoms with van der Waals surface area (Å²) in [6.07, 6.45) is 1.76. The second-order valence-corrected chi connectivity index (χ2v) is 6.69. The van der Waals surface area contributed by atoms with E-state index in [1.807, 2.05) is 0 Å². The fourth-order valence-corrected chi connectivity index (χ4v) is 4.43. The van der Waals surface area contributed by atoms with Gasteiger partial charge in [-0.15, -0.1) is 0 Å². The van der Waals surface area contributed by atoms with Gasteiger partial charge in [-0.1, -0.05) is 0 Å². The molecule has 1 aromatic heterocycles. The molecule has 2 atom stereocenters. The Morgan fingerprint density at radius 3 is 2.76 bits per heavy atom. The number of halogens is 2. The zero-order valence-electron chi connectivity index (χ0n) is 9.40. The molecule has 3 heterocycles. The van der Waals surface area contributed by atoms with Crippen molar-refractivity contribution in [2.24, 2.45) is 11.8 Å². The number of hydrogen-bond acceptors (Lipinski definition) is 3.